The van der Waals surface area contributed by atoms with Crippen molar-refractivity contribution in [2.24, 2.45) is 0 Å². The van der Waals surface area contributed by atoms with Crippen molar-refractivity contribution in [2.45, 2.75) is 329 Å². The molecule has 0 bridgehead atoms. The van der Waals surface area contributed by atoms with E-state index in [2.05, 4.69) is 20.8 Å². The third-order valence-corrected chi connectivity index (χ3v) is 13.8. The molecule has 0 aliphatic heterocycles. The molecule has 0 aromatic rings. The van der Waals surface area contributed by atoms with Crippen molar-refractivity contribution >= 4 is 58.9 Å². The largest absolute Gasteiger partial charge is 2.00 e. The molecule has 0 heterocycles. The first-order valence-corrected chi connectivity index (χ1v) is 32.2. The van der Waals surface area contributed by atoms with Crippen LogP contribution in [0.15, 0.2) is 36.5 Å². The van der Waals surface area contributed by atoms with E-state index in [1.165, 1.54) is 270 Å². The molecule has 456 valence electrons. The Balaban J connectivity index is -0.000000347. The van der Waals surface area contributed by atoms with Crippen LogP contribution in [0.3, 0.4) is 0 Å². The van der Waals surface area contributed by atoms with Crippen LogP contribution in [0.4, 0.5) is 0 Å². The molecule has 0 spiro atoms. The van der Waals surface area contributed by atoms with Crippen molar-refractivity contribution in [3.63, 3.8) is 0 Å². The quantitative estimate of drug-likeness (QED) is 0.0184. The van der Waals surface area contributed by atoms with Gasteiger partial charge in [-0.1, -0.05) is 310 Å². The number of carboxylic acid groups (broad SMARTS) is 3. The van der Waals surface area contributed by atoms with Crippen LogP contribution in [0.2, 0.25) is 0 Å². The zero-order valence-corrected chi connectivity index (χ0v) is 55.5. The number of aliphatic carboxylic acids is 3. The topological polar surface area (TPSA) is 199 Å². The first-order chi connectivity index (χ1) is 38.0. The molecule has 0 N–H and O–H groups in total. The van der Waals surface area contributed by atoms with Crippen molar-refractivity contribution in [2.75, 3.05) is 19.8 Å². The zero-order chi connectivity index (χ0) is 57.9. The molecule has 0 amide bonds. The van der Waals surface area contributed by atoms with E-state index in [0.29, 0.717) is 38.0 Å². The molecule has 80 heavy (non-hydrogen) atoms. The van der Waals surface area contributed by atoms with E-state index in [1.807, 2.05) is 0 Å². The van der Waals surface area contributed by atoms with Crippen LogP contribution in [-0.2, 0) is 43.0 Å². The van der Waals surface area contributed by atoms with Crippen LogP contribution >= 0.6 is 0 Å². The molecular formula is C66H117MgNaO12. The Kier molecular flexibility index (Phi) is 83.1. The van der Waals surface area contributed by atoms with Crippen LogP contribution in [0, 0.1) is 0 Å². The van der Waals surface area contributed by atoms with Gasteiger partial charge in [0.1, 0.15) is 0 Å². The molecule has 0 saturated carbocycles. The van der Waals surface area contributed by atoms with Crippen molar-refractivity contribution in [3.8, 4) is 0 Å². The normalized spacial score (nSPS) is 10.8. The predicted octanol–water partition coefficient (Wildman–Crippen LogP) is 11.9. The molecule has 0 rings (SSSR count). The number of unbranched alkanes of at least 4 members (excludes halogenated alkanes) is 45. The molecule has 14 heteroatoms. The average molecular weight is 1150 g/mol. The van der Waals surface area contributed by atoms with Gasteiger partial charge < -0.3 is 43.9 Å². The Morgan fingerprint density at radius 2 is 0.362 bits per heavy atom. The minimum Gasteiger partial charge on any atom is -0.545 e. The second kappa shape index (κ2) is 76.8. The summed E-state index contributed by atoms with van der Waals surface area (Å²) in [5.41, 5.74) is 0. The van der Waals surface area contributed by atoms with E-state index >= 15 is 0 Å². The molecule has 0 fully saturated rings. The maximum absolute atomic E-state index is 11.1. The van der Waals surface area contributed by atoms with Gasteiger partial charge in [-0.15, -0.1) is 0 Å². The van der Waals surface area contributed by atoms with E-state index in [9.17, 15) is 44.1 Å². The summed E-state index contributed by atoms with van der Waals surface area (Å²) in [6.45, 7) is 7.86. The van der Waals surface area contributed by atoms with Crippen LogP contribution < -0.4 is 44.9 Å². The summed E-state index contributed by atoms with van der Waals surface area (Å²) >= 11 is 0. The second-order valence-electron chi connectivity index (χ2n) is 21.4. The van der Waals surface area contributed by atoms with E-state index in [-0.39, 0.29) is 52.6 Å². The number of hydrogen-bond donors (Lipinski definition) is 0. The number of esters is 3. The predicted molar refractivity (Wildman–Crippen MR) is 320 cm³/mol. The third kappa shape index (κ3) is 87.1. The maximum Gasteiger partial charge on any atom is 2.00 e. The minimum atomic E-state index is -1.38. The number of carbonyl (C=O) groups is 6. The van der Waals surface area contributed by atoms with E-state index in [0.717, 1.165) is 56.8 Å². The van der Waals surface area contributed by atoms with Crippen LogP contribution in [0.1, 0.15) is 329 Å². The zero-order valence-electron chi connectivity index (χ0n) is 52.1. The fraction of sp³-hybridized carbons (Fsp3) is 0.818. The standard InChI is InChI=1S/3C22H40O4.Mg.Na/c3*1-2-3-4-5-6-7-8-9-10-11-12-13-14-15-16-17-20-26-22(25)19-18-21(23)24;;/h3*18-19H,2-17,20H2,1H3,(H,23,24);;/q;;;+2;+1/p-3/b3*19-18+;;. The summed E-state index contributed by atoms with van der Waals surface area (Å²) < 4.78 is 14.7. The molecule has 0 aliphatic carbocycles. The Bertz CT molecular complexity index is 1270. The molecule has 0 unspecified atom stereocenters. The number of ether oxygens (including phenoxy) is 3. The van der Waals surface area contributed by atoms with Crippen LogP contribution in [0.25, 0.3) is 0 Å². The van der Waals surface area contributed by atoms with Gasteiger partial charge in [-0.3, -0.25) is 0 Å². The van der Waals surface area contributed by atoms with Gasteiger partial charge in [-0.05, 0) is 37.5 Å². The molecule has 0 aromatic carbocycles. The Labute approximate surface area is 528 Å². The first-order valence-electron chi connectivity index (χ1n) is 32.2. The van der Waals surface area contributed by atoms with Crippen molar-refractivity contribution in [1.29, 1.82) is 0 Å². The summed E-state index contributed by atoms with van der Waals surface area (Å²) in [5, 5.41) is 30.4. The number of rotatable bonds is 57. The van der Waals surface area contributed by atoms with Gasteiger partial charge in [0.25, 0.3) is 0 Å². The van der Waals surface area contributed by atoms with Crippen LogP contribution in [0.5, 0.6) is 0 Å². The van der Waals surface area contributed by atoms with E-state index in [1.54, 1.807) is 0 Å². The summed E-state index contributed by atoms with van der Waals surface area (Å²) in [6, 6.07) is 0. The van der Waals surface area contributed by atoms with Gasteiger partial charge in [-0.2, -0.15) is 0 Å². The third-order valence-electron chi connectivity index (χ3n) is 13.8. The van der Waals surface area contributed by atoms with Gasteiger partial charge in [0.05, 0.1) is 37.7 Å². The van der Waals surface area contributed by atoms with Gasteiger partial charge in [0.15, 0.2) is 0 Å². The molecule has 0 aromatic heterocycles. The van der Waals surface area contributed by atoms with Gasteiger partial charge in [0, 0.05) is 18.2 Å². The molecule has 12 nitrogen and oxygen atoms in total. The monoisotopic (exact) mass is 1150 g/mol. The van der Waals surface area contributed by atoms with Crippen molar-refractivity contribution in [1.82, 2.24) is 0 Å². The maximum atomic E-state index is 11.1. The molecular weight excluding hydrogens is 1030 g/mol. The minimum absolute atomic E-state index is 0. The Morgan fingerprint density at radius 1 is 0.237 bits per heavy atom. The fourth-order valence-corrected chi connectivity index (χ4v) is 9.02. The number of carbonyl (C=O) groups excluding carboxylic acids is 6. The van der Waals surface area contributed by atoms with Crippen molar-refractivity contribution in [3.05, 3.63) is 36.5 Å². The van der Waals surface area contributed by atoms with Gasteiger partial charge in [0.2, 0.25) is 0 Å². The fourth-order valence-electron chi connectivity index (χ4n) is 9.02. The SMILES string of the molecule is CCCCCCCCCCCCCCCCCCOC(=O)/C=C/C(=O)[O-].CCCCCCCCCCCCCCCCCCOC(=O)/C=C/C(=O)[O-].CCCCCCCCCCCCCCCCCCOC(=O)/C=C/C(=O)[O-].[Mg+2].[Na+]. The average Bonchev–Trinajstić information content (AvgIpc) is 3.42. The summed E-state index contributed by atoms with van der Waals surface area (Å²) in [6.07, 6.45) is 67.3. The molecule has 0 aliphatic rings. The summed E-state index contributed by atoms with van der Waals surface area (Å²) in [5.74, 6) is -6.00. The molecule has 0 atom stereocenters. The first kappa shape index (κ1) is 86.6. The van der Waals surface area contributed by atoms with E-state index in [4.69, 9.17) is 14.2 Å². The second-order valence-corrected chi connectivity index (χ2v) is 21.4. The van der Waals surface area contributed by atoms with Gasteiger partial charge in [-0.25, -0.2) is 14.4 Å². The summed E-state index contributed by atoms with van der Waals surface area (Å²) in [7, 11) is 0. The molecule has 0 radical (unpaired) electrons. The summed E-state index contributed by atoms with van der Waals surface area (Å²) in [4.78, 5) is 63.7. The smallest absolute Gasteiger partial charge is 0.545 e. The number of hydrogen-bond acceptors (Lipinski definition) is 12. The number of carboxylic acids is 3. The van der Waals surface area contributed by atoms with Crippen LogP contribution in [-0.4, -0.2) is 78.7 Å². The Morgan fingerprint density at radius 3 is 0.487 bits per heavy atom. The van der Waals surface area contributed by atoms with Crippen molar-refractivity contribution < 1.29 is 87.9 Å². The Hall–Kier alpha value is -2.19. The van der Waals surface area contributed by atoms with Gasteiger partial charge >= 0.3 is 70.5 Å². The molecule has 0 saturated heterocycles. The van der Waals surface area contributed by atoms with E-state index < -0.39 is 35.8 Å².